The van der Waals surface area contributed by atoms with Gasteiger partial charge in [-0.05, 0) is 48.4 Å². The molecular formula is C31H26F2N4O5S. The zero-order chi connectivity index (χ0) is 30.7. The van der Waals surface area contributed by atoms with Gasteiger partial charge in [-0.1, -0.05) is 42.5 Å². The Kier molecular flexibility index (Phi) is 8.81. The molecule has 3 aromatic carbocycles. The number of hydrogen-bond donors (Lipinski definition) is 3. The first-order valence-corrected chi connectivity index (χ1v) is 14.1. The molecule has 43 heavy (non-hydrogen) atoms. The minimum atomic E-state index is -1.14. The van der Waals surface area contributed by atoms with Crippen LogP contribution in [0.2, 0.25) is 0 Å². The van der Waals surface area contributed by atoms with Gasteiger partial charge in [0.05, 0.1) is 23.4 Å². The Balaban J connectivity index is 0.000000207. The number of pyridine rings is 1. The van der Waals surface area contributed by atoms with E-state index in [4.69, 9.17) is 15.6 Å². The van der Waals surface area contributed by atoms with Gasteiger partial charge in [0, 0.05) is 28.5 Å². The maximum atomic E-state index is 14.0. The summed E-state index contributed by atoms with van der Waals surface area (Å²) in [5, 5.41) is 18.8. The number of nitrogens with zero attached hydrogens (tertiary/aromatic N) is 3. The lowest BCUT2D eigenvalue weighted by Gasteiger charge is -2.13. The fourth-order valence-electron chi connectivity index (χ4n) is 4.72. The van der Waals surface area contributed by atoms with Crippen LogP contribution in [-0.2, 0) is 4.74 Å². The molecule has 1 aliphatic heterocycles. The molecule has 0 saturated carbocycles. The highest BCUT2D eigenvalue weighted by Crippen LogP contribution is 2.32. The lowest BCUT2D eigenvalue weighted by Crippen LogP contribution is -2.28. The Morgan fingerprint density at radius 3 is 2.44 bits per heavy atom. The number of fused-ring (bicyclic) bond motifs is 1. The van der Waals surface area contributed by atoms with E-state index in [2.05, 4.69) is 9.97 Å². The monoisotopic (exact) mass is 604 g/mol. The Bertz CT molecular complexity index is 1870. The Hall–Kier alpha value is -4.65. The van der Waals surface area contributed by atoms with Crippen molar-refractivity contribution in [1.29, 1.82) is 0 Å². The summed E-state index contributed by atoms with van der Waals surface area (Å²) < 4.78 is 34.4. The van der Waals surface area contributed by atoms with Crippen molar-refractivity contribution in [2.24, 2.45) is 0 Å². The Morgan fingerprint density at radius 1 is 1.07 bits per heavy atom. The van der Waals surface area contributed by atoms with Crippen LogP contribution in [0.3, 0.4) is 0 Å². The number of nitrogen functional groups attached to an aromatic ring is 1. The van der Waals surface area contributed by atoms with Crippen LogP contribution in [0, 0.1) is 18.6 Å². The van der Waals surface area contributed by atoms with Crippen LogP contribution in [-0.4, -0.2) is 48.5 Å². The van der Waals surface area contributed by atoms with Crippen molar-refractivity contribution in [3.63, 3.8) is 0 Å². The van der Waals surface area contributed by atoms with E-state index < -0.39 is 17.5 Å². The van der Waals surface area contributed by atoms with Gasteiger partial charge in [0.2, 0.25) is 0 Å². The molecule has 6 rings (SSSR count). The van der Waals surface area contributed by atoms with Gasteiger partial charge >= 0.3 is 11.7 Å². The number of aliphatic hydroxyl groups excluding tert-OH is 1. The molecule has 1 fully saturated rings. The third-order valence-corrected chi connectivity index (χ3v) is 7.90. The molecule has 0 radical (unpaired) electrons. The number of aromatic carboxylic acids is 1. The lowest BCUT2D eigenvalue weighted by atomic mass is 9.96. The number of aliphatic hydroxyl groups is 1. The molecule has 3 heterocycles. The summed E-state index contributed by atoms with van der Waals surface area (Å²) in [4.78, 5) is 31.4. The van der Waals surface area contributed by atoms with Gasteiger partial charge in [-0.15, -0.1) is 11.8 Å². The van der Waals surface area contributed by atoms with Crippen molar-refractivity contribution >= 4 is 34.5 Å². The number of halogens is 2. The third-order valence-electron chi connectivity index (χ3n) is 6.79. The molecule has 0 bridgehead atoms. The minimum Gasteiger partial charge on any atom is -0.478 e. The second kappa shape index (κ2) is 12.7. The van der Waals surface area contributed by atoms with Crippen LogP contribution in [0.4, 0.5) is 14.6 Å². The van der Waals surface area contributed by atoms with E-state index >= 15 is 0 Å². The highest BCUT2D eigenvalue weighted by molar-refractivity contribution is 8.00. The van der Waals surface area contributed by atoms with Gasteiger partial charge in [-0.2, -0.15) is 4.98 Å². The predicted molar refractivity (Wildman–Crippen MR) is 161 cm³/mol. The van der Waals surface area contributed by atoms with E-state index in [1.54, 1.807) is 61.7 Å². The van der Waals surface area contributed by atoms with Gasteiger partial charge in [-0.25, -0.2) is 23.4 Å². The fourth-order valence-corrected chi connectivity index (χ4v) is 5.65. The summed E-state index contributed by atoms with van der Waals surface area (Å²) >= 11 is 1.47. The summed E-state index contributed by atoms with van der Waals surface area (Å²) in [6.07, 6.45) is 1.18. The molecule has 0 amide bonds. The van der Waals surface area contributed by atoms with Crippen LogP contribution in [0.1, 0.15) is 22.1 Å². The van der Waals surface area contributed by atoms with E-state index in [0.29, 0.717) is 39.2 Å². The summed E-state index contributed by atoms with van der Waals surface area (Å²) in [6, 6.07) is 19.0. The number of benzene rings is 3. The molecule has 1 saturated heterocycles. The molecule has 12 heteroatoms. The first-order valence-electron chi connectivity index (χ1n) is 13.1. The molecule has 0 unspecified atom stereocenters. The van der Waals surface area contributed by atoms with Crippen molar-refractivity contribution < 1.29 is 28.5 Å². The van der Waals surface area contributed by atoms with Crippen molar-refractivity contribution in [3.05, 3.63) is 112 Å². The summed E-state index contributed by atoms with van der Waals surface area (Å²) in [7, 11) is 0. The van der Waals surface area contributed by atoms with Gasteiger partial charge in [-0.3, -0.25) is 4.57 Å². The highest BCUT2D eigenvalue weighted by Gasteiger charge is 2.27. The molecule has 0 spiro atoms. The number of nitrogens with two attached hydrogens (primary N) is 1. The van der Waals surface area contributed by atoms with Gasteiger partial charge in [0.15, 0.2) is 0 Å². The number of ether oxygens (including phenoxy) is 1. The van der Waals surface area contributed by atoms with Crippen molar-refractivity contribution in [2.75, 3.05) is 18.1 Å². The second-order valence-corrected chi connectivity index (χ2v) is 10.8. The van der Waals surface area contributed by atoms with Gasteiger partial charge < -0.3 is 20.7 Å². The predicted octanol–water partition coefficient (Wildman–Crippen LogP) is 5.26. The number of aromatic nitrogens is 3. The number of carboxylic acids is 1. The average Bonchev–Trinajstić information content (AvgIpc) is 3.46. The molecule has 1 aliphatic rings. The smallest absolute Gasteiger partial charge is 0.351 e. The Labute approximate surface area is 248 Å². The Morgan fingerprint density at radius 2 is 1.79 bits per heavy atom. The average molecular weight is 605 g/mol. The third kappa shape index (κ3) is 6.41. The summed E-state index contributed by atoms with van der Waals surface area (Å²) in [5.41, 5.74) is 7.94. The summed E-state index contributed by atoms with van der Waals surface area (Å²) in [5.74, 6) is -1.15. The number of carbonyl (C=O) groups is 1. The molecule has 0 aliphatic carbocycles. The van der Waals surface area contributed by atoms with E-state index in [1.165, 1.54) is 40.6 Å². The minimum absolute atomic E-state index is 0.0256. The molecule has 220 valence electrons. The maximum Gasteiger partial charge on any atom is 0.351 e. The van der Waals surface area contributed by atoms with Crippen LogP contribution in [0.15, 0.2) is 83.8 Å². The quantitative estimate of drug-likeness (QED) is 0.245. The lowest BCUT2D eigenvalue weighted by molar-refractivity contribution is -0.00629. The van der Waals surface area contributed by atoms with E-state index in [9.17, 15) is 23.5 Å². The molecule has 2 aromatic heterocycles. The molecule has 9 nitrogen and oxygen atoms in total. The van der Waals surface area contributed by atoms with Crippen molar-refractivity contribution in [3.8, 4) is 22.4 Å². The standard InChI is InChI=1S/C23H15F2NO2.C8H11N3O3S/c1-13-21(23(27)28)18-12-16(24)10-11-20(18)26-22(13)15-8-6-14(7-9-15)17-4-2-3-5-19(17)25;9-5-1-2-11(8(13)10-5)6-4-15-7(3-12)14-6/h2-12H,1H3,(H,27,28);1-2,6-7,12H,3-4H2,(H2,9,10,13)/t;6-,7+/m.0/s1. The number of carboxylic acid groups (broad SMARTS) is 1. The zero-order valence-corrected chi connectivity index (χ0v) is 23.6. The molecule has 4 N–H and O–H groups in total. The van der Waals surface area contributed by atoms with E-state index in [0.717, 1.165) is 0 Å². The van der Waals surface area contributed by atoms with Gasteiger partial charge in [0.25, 0.3) is 0 Å². The van der Waals surface area contributed by atoms with Crippen molar-refractivity contribution in [1.82, 2.24) is 14.5 Å². The second-order valence-electron chi connectivity index (χ2n) is 9.56. The van der Waals surface area contributed by atoms with E-state index in [-0.39, 0.29) is 40.9 Å². The largest absolute Gasteiger partial charge is 0.478 e. The van der Waals surface area contributed by atoms with Crippen LogP contribution in [0.25, 0.3) is 33.3 Å². The van der Waals surface area contributed by atoms with E-state index in [1.807, 2.05) is 0 Å². The first kappa shape index (κ1) is 29.8. The first-order chi connectivity index (χ1) is 20.7. The molecule has 5 aromatic rings. The zero-order valence-electron chi connectivity index (χ0n) is 22.8. The maximum absolute atomic E-state index is 14.0. The normalized spacial score (nSPS) is 16.1. The van der Waals surface area contributed by atoms with Crippen LogP contribution < -0.4 is 11.4 Å². The SMILES string of the molecule is Cc1c(-c2ccc(-c3ccccc3F)cc2)nc2ccc(F)cc2c1C(=O)O.Nc1ccn([C@@H]2CS[C@H](CO)O2)c(=O)n1. The fraction of sp³-hybridized carbons (Fsp3) is 0.161. The molecule has 2 atom stereocenters. The van der Waals surface area contributed by atoms with Crippen LogP contribution in [0.5, 0.6) is 0 Å². The number of rotatable bonds is 5. The van der Waals surface area contributed by atoms with Gasteiger partial charge in [0.1, 0.15) is 29.1 Å². The number of hydrogen-bond acceptors (Lipinski definition) is 8. The molecular weight excluding hydrogens is 578 g/mol. The van der Waals surface area contributed by atoms with Crippen molar-refractivity contribution in [2.45, 2.75) is 18.6 Å². The number of anilines is 1. The summed E-state index contributed by atoms with van der Waals surface area (Å²) in [6.45, 7) is 1.60. The highest BCUT2D eigenvalue weighted by atomic mass is 32.2. The van der Waals surface area contributed by atoms with Crippen LogP contribution >= 0.6 is 11.8 Å². The number of thioether (sulfide) groups is 1. The topological polar surface area (TPSA) is 141 Å².